The van der Waals surface area contributed by atoms with Gasteiger partial charge in [-0.15, -0.1) is 0 Å². The largest absolute Gasteiger partial charge is 0.396 e. The van der Waals surface area contributed by atoms with Crippen molar-refractivity contribution in [2.75, 3.05) is 6.61 Å². The fraction of sp³-hybridized carbons (Fsp3) is 0.750. The van der Waals surface area contributed by atoms with Gasteiger partial charge in [-0.05, 0) is 33.1 Å². The minimum Gasteiger partial charge on any atom is -0.396 e. The maximum atomic E-state index is 8.43. The van der Waals surface area contributed by atoms with Gasteiger partial charge in [-0.25, -0.2) is 0 Å². The summed E-state index contributed by atoms with van der Waals surface area (Å²) < 4.78 is 0. The average molecular weight is 128 g/mol. The summed E-state index contributed by atoms with van der Waals surface area (Å²) in [4.78, 5) is 0. The van der Waals surface area contributed by atoms with Gasteiger partial charge in [0.2, 0.25) is 0 Å². The molecular formula is C8H16O. The van der Waals surface area contributed by atoms with Gasteiger partial charge < -0.3 is 5.11 Å². The Balaban J connectivity index is 3.07. The van der Waals surface area contributed by atoms with Gasteiger partial charge in [-0.1, -0.05) is 11.6 Å². The van der Waals surface area contributed by atoms with Crippen LogP contribution in [0.3, 0.4) is 0 Å². The molecule has 0 aromatic carbocycles. The lowest BCUT2D eigenvalue weighted by molar-refractivity contribution is 0.284. The molecule has 0 radical (unpaired) electrons. The minimum atomic E-state index is 0.330. The SMILES string of the molecule is C/C=C(\C)CCCCO. The van der Waals surface area contributed by atoms with Crippen LogP contribution in [-0.4, -0.2) is 11.7 Å². The van der Waals surface area contributed by atoms with E-state index in [1.807, 2.05) is 6.92 Å². The Morgan fingerprint density at radius 1 is 1.44 bits per heavy atom. The van der Waals surface area contributed by atoms with Crippen LogP contribution in [0.2, 0.25) is 0 Å². The lowest BCUT2D eigenvalue weighted by Gasteiger charge is -1.96. The first-order valence-corrected chi connectivity index (χ1v) is 3.54. The highest BCUT2D eigenvalue weighted by atomic mass is 16.2. The lowest BCUT2D eigenvalue weighted by atomic mass is 10.1. The summed E-state index contributed by atoms with van der Waals surface area (Å²) in [5.41, 5.74) is 1.42. The molecule has 0 saturated carbocycles. The van der Waals surface area contributed by atoms with Gasteiger partial charge in [0.05, 0.1) is 0 Å². The van der Waals surface area contributed by atoms with Gasteiger partial charge in [-0.2, -0.15) is 0 Å². The zero-order chi connectivity index (χ0) is 7.11. The molecule has 0 aromatic heterocycles. The topological polar surface area (TPSA) is 20.2 Å². The molecule has 0 saturated heterocycles. The smallest absolute Gasteiger partial charge is 0.0431 e. The summed E-state index contributed by atoms with van der Waals surface area (Å²) in [5, 5.41) is 8.43. The lowest BCUT2D eigenvalue weighted by Crippen LogP contribution is -1.83. The Morgan fingerprint density at radius 2 is 2.11 bits per heavy atom. The molecule has 9 heavy (non-hydrogen) atoms. The second-order valence-corrected chi connectivity index (χ2v) is 2.32. The van der Waals surface area contributed by atoms with Crippen molar-refractivity contribution in [3.63, 3.8) is 0 Å². The first-order chi connectivity index (χ1) is 4.31. The molecule has 0 rings (SSSR count). The van der Waals surface area contributed by atoms with E-state index in [1.165, 1.54) is 5.57 Å². The monoisotopic (exact) mass is 128 g/mol. The molecule has 0 aliphatic heterocycles. The predicted octanol–water partition coefficient (Wildman–Crippen LogP) is 2.12. The average Bonchev–Trinajstić information content (AvgIpc) is 1.89. The highest BCUT2D eigenvalue weighted by Crippen LogP contribution is 2.04. The molecule has 54 valence electrons. The molecule has 0 aromatic rings. The highest BCUT2D eigenvalue weighted by Gasteiger charge is 1.87. The summed E-state index contributed by atoms with van der Waals surface area (Å²) in [6.45, 7) is 4.50. The van der Waals surface area contributed by atoms with Crippen LogP contribution in [0.15, 0.2) is 11.6 Å². The van der Waals surface area contributed by atoms with Crippen LogP contribution in [-0.2, 0) is 0 Å². The van der Waals surface area contributed by atoms with Crippen molar-refractivity contribution in [2.24, 2.45) is 0 Å². The van der Waals surface area contributed by atoms with Crippen LogP contribution >= 0.6 is 0 Å². The number of hydrogen-bond donors (Lipinski definition) is 1. The maximum Gasteiger partial charge on any atom is 0.0431 e. The number of hydrogen-bond acceptors (Lipinski definition) is 1. The summed E-state index contributed by atoms with van der Waals surface area (Å²) >= 11 is 0. The molecular weight excluding hydrogens is 112 g/mol. The molecule has 1 nitrogen and oxygen atoms in total. The normalized spacial score (nSPS) is 12.1. The maximum absolute atomic E-state index is 8.43. The van der Waals surface area contributed by atoms with Crippen LogP contribution in [0.5, 0.6) is 0 Å². The third-order valence-corrected chi connectivity index (χ3v) is 1.47. The molecule has 0 heterocycles. The van der Waals surface area contributed by atoms with Crippen molar-refractivity contribution in [3.8, 4) is 0 Å². The van der Waals surface area contributed by atoms with E-state index in [2.05, 4.69) is 13.0 Å². The summed E-state index contributed by atoms with van der Waals surface area (Å²) in [6.07, 6.45) is 5.31. The first kappa shape index (κ1) is 8.70. The molecule has 0 amide bonds. The Morgan fingerprint density at radius 3 is 2.56 bits per heavy atom. The molecule has 0 spiro atoms. The summed E-state index contributed by atoms with van der Waals surface area (Å²) in [6, 6.07) is 0. The van der Waals surface area contributed by atoms with E-state index in [-0.39, 0.29) is 0 Å². The molecule has 0 aliphatic rings. The van der Waals surface area contributed by atoms with E-state index in [1.54, 1.807) is 0 Å². The molecule has 0 atom stereocenters. The molecule has 0 aliphatic carbocycles. The molecule has 1 heteroatoms. The van der Waals surface area contributed by atoms with E-state index in [4.69, 9.17) is 5.11 Å². The highest BCUT2D eigenvalue weighted by molar-refractivity contribution is 4.94. The predicted molar refractivity (Wildman–Crippen MR) is 40.4 cm³/mol. The Hall–Kier alpha value is -0.300. The van der Waals surface area contributed by atoms with E-state index in [0.29, 0.717) is 6.61 Å². The fourth-order valence-electron chi connectivity index (χ4n) is 0.660. The van der Waals surface area contributed by atoms with Crippen LogP contribution in [0.25, 0.3) is 0 Å². The van der Waals surface area contributed by atoms with Crippen LogP contribution in [0, 0.1) is 0 Å². The molecule has 0 bridgehead atoms. The van der Waals surface area contributed by atoms with Gasteiger partial charge in [-0.3, -0.25) is 0 Å². The minimum absolute atomic E-state index is 0.330. The van der Waals surface area contributed by atoms with Gasteiger partial charge in [0.15, 0.2) is 0 Å². The Labute approximate surface area is 57.4 Å². The summed E-state index contributed by atoms with van der Waals surface area (Å²) in [7, 11) is 0. The van der Waals surface area contributed by atoms with Crippen molar-refractivity contribution in [3.05, 3.63) is 11.6 Å². The molecule has 0 fully saturated rings. The van der Waals surface area contributed by atoms with E-state index >= 15 is 0 Å². The number of aliphatic hydroxyl groups is 1. The zero-order valence-corrected chi connectivity index (χ0v) is 6.35. The van der Waals surface area contributed by atoms with Crippen molar-refractivity contribution in [1.82, 2.24) is 0 Å². The van der Waals surface area contributed by atoms with Gasteiger partial charge in [0, 0.05) is 6.61 Å². The van der Waals surface area contributed by atoms with E-state index in [9.17, 15) is 0 Å². The van der Waals surface area contributed by atoms with Crippen LogP contribution < -0.4 is 0 Å². The standard InChI is InChI=1S/C8H16O/c1-3-8(2)6-4-5-7-9/h3,9H,4-7H2,1-2H3/b8-3+. The van der Waals surface area contributed by atoms with Crippen LogP contribution in [0.4, 0.5) is 0 Å². The van der Waals surface area contributed by atoms with Crippen molar-refractivity contribution < 1.29 is 5.11 Å². The fourth-order valence-corrected chi connectivity index (χ4v) is 0.660. The van der Waals surface area contributed by atoms with Crippen molar-refractivity contribution in [1.29, 1.82) is 0 Å². The van der Waals surface area contributed by atoms with Gasteiger partial charge >= 0.3 is 0 Å². The first-order valence-electron chi connectivity index (χ1n) is 3.54. The quantitative estimate of drug-likeness (QED) is 0.454. The number of allylic oxidation sites excluding steroid dienone is 2. The third kappa shape index (κ3) is 5.57. The Bertz CT molecular complexity index is 84.6. The number of aliphatic hydroxyl groups excluding tert-OH is 1. The number of unbranched alkanes of at least 4 members (excludes halogenated alkanes) is 1. The second-order valence-electron chi connectivity index (χ2n) is 2.32. The molecule has 0 unspecified atom stereocenters. The van der Waals surface area contributed by atoms with Gasteiger partial charge in [0.1, 0.15) is 0 Å². The zero-order valence-electron chi connectivity index (χ0n) is 6.35. The third-order valence-electron chi connectivity index (χ3n) is 1.47. The van der Waals surface area contributed by atoms with E-state index in [0.717, 1.165) is 19.3 Å². The van der Waals surface area contributed by atoms with Crippen LogP contribution in [0.1, 0.15) is 33.1 Å². The Kier molecular flexibility index (Phi) is 5.64. The summed E-state index contributed by atoms with van der Waals surface area (Å²) in [5.74, 6) is 0. The van der Waals surface area contributed by atoms with Crippen molar-refractivity contribution >= 4 is 0 Å². The van der Waals surface area contributed by atoms with Crippen molar-refractivity contribution in [2.45, 2.75) is 33.1 Å². The molecule has 1 N–H and O–H groups in total. The number of rotatable bonds is 4. The van der Waals surface area contributed by atoms with Gasteiger partial charge in [0.25, 0.3) is 0 Å². The van der Waals surface area contributed by atoms with E-state index < -0.39 is 0 Å². The second kappa shape index (κ2) is 5.83.